The third kappa shape index (κ3) is 6.20. The lowest BCUT2D eigenvalue weighted by Crippen LogP contribution is -2.31. The maximum atomic E-state index is 13.6. The number of nitrogens with zero attached hydrogens (tertiary/aromatic N) is 4. The van der Waals surface area contributed by atoms with E-state index in [2.05, 4.69) is 10.3 Å². The molecular formula is C33H39F3N4O4S. The van der Waals surface area contributed by atoms with Gasteiger partial charge in [-0.3, -0.25) is 13.9 Å². The number of rotatable bonds is 8. The van der Waals surface area contributed by atoms with E-state index in [1.54, 1.807) is 11.6 Å². The number of aryl methyl sites for hydroxylation is 3. The Morgan fingerprint density at radius 2 is 1.82 bits per heavy atom. The predicted molar refractivity (Wildman–Crippen MR) is 168 cm³/mol. The molecule has 45 heavy (non-hydrogen) atoms. The van der Waals surface area contributed by atoms with Crippen LogP contribution in [0.4, 0.5) is 13.2 Å². The highest BCUT2D eigenvalue weighted by molar-refractivity contribution is 8.22. The summed E-state index contributed by atoms with van der Waals surface area (Å²) < 4.78 is 67.4. The van der Waals surface area contributed by atoms with Crippen molar-refractivity contribution in [2.45, 2.75) is 77.5 Å². The molecular weight excluding hydrogens is 605 g/mol. The molecule has 242 valence electrons. The van der Waals surface area contributed by atoms with E-state index in [1.165, 1.54) is 10.4 Å². The number of carboxylic acids is 1. The van der Waals surface area contributed by atoms with E-state index in [9.17, 15) is 32.2 Å². The molecule has 0 aliphatic carbocycles. The first-order valence-electron chi connectivity index (χ1n) is 15.1. The van der Waals surface area contributed by atoms with Crippen LogP contribution in [0.3, 0.4) is 0 Å². The Morgan fingerprint density at radius 3 is 2.47 bits per heavy atom. The lowest BCUT2D eigenvalue weighted by molar-refractivity contribution is -0.141. The van der Waals surface area contributed by atoms with E-state index >= 15 is 0 Å². The molecule has 0 saturated carbocycles. The van der Waals surface area contributed by atoms with Crippen molar-refractivity contribution in [3.63, 3.8) is 0 Å². The molecule has 0 saturated heterocycles. The van der Waals surface area contributed by atoms with Crippen molar-refractivity contribution < 1.29 is 32.2 Å². The summed E-state index contributed by atoms with van der Waals surface area (Å²) in [5.41, 5.74) is 5.07. The van der Waals surface area contributed by atoms with E-state index in [4.69, 9.17) is 0 Å². The van der Waals surface area contributed by atoms with Gasteiger partial charge in [0.1, 0.15) is 5.52 Å². The van der Waals surface area contributed by atoms with Crippen molar-refractivity contribution >= 4 is 27.8 Å². The van der Waals surface area contributed by atoms with Gasteiger partial charge in [-0.2, -0.15) is 17.5 Å². The SMILES string of the molecule is CCC1Cc2ccc(C(F)(F)F)cc2S(O)(O)N(Cc2cc([C@@H](c3ccc4c(nnn4CC)c3C)[C@@H](C)C(=O)O)ccc2C)C1. The summed E-state index contributed by atoms with van der Waals surface area (Å²) in [6.45, 7) is 10.4. The summed E-state index contributed by atoms with van der Waals surface area (Å²) in [5, 5.41) is 18.7. The Labute approximate surface area is 262 Å². The van der Waals surface area contributed by atoms with Crippen molar-refractivity contribution in [1.29, 1.82) is 0 Å². The molecule has 3 N–H and O–H groups in total. The molecule has 0 fully saturated rings. The van der Waals surface area contributed by atoms with Crippen molar-refractivity contribution in [1.82, 2.24) is 19.3 Å². The van der Waals surface area contributed by atoms with E-state index < -0.39 is 40.3 Å². The first kappa shape index (κ1) is 32.9. The van der Waals surface area contributed by atoms with Gasteiger partial charge in [0, 0.05) is 25.6 Å². The highest BCUT2D eigenvalue weighted by Crippen LogP contribution is 2.57. The Hall–Kier alpha value is -3.45. The van der Waals surface area contributed by atoms with Crippen LogP contribution in [0.25, 0.3) is 11.0 Å². The Kier molecular flexibility index (Phi) is 9.07. The molecule has 3 aromatic carbocycles. The number of carboxylic acid groups (broad SMARTS) is 1. The van der Waals surface area contributed by atoms with E-state index in [-0.39, 0.29) is 23.9 Å². The molecule has 4 aromatic rings. The van der Waals surface area contributed by atoms with Gasteiger partial charge in [0.15, 0.2) is 0 Å². The first-order valence-corrected chi connectivity index (χ1v) is 16.6. The number of fused-ring (bicyclic) bond motifs is 2. The minimum absolute atomic E-state index is 0.0108. The van der Waals surface area contributed by atoms with Gasteiger partial charge in [0.25, 0.3) is 0 Å². The molecule has 5 rings (SSSR count). The molecule has 12 heteroatoms. The quantitative estimate of drug-likeness (QED) is 0.178. The van der Waals surface area contributed by atoms with Crippen LogP contribution < -0.4 is 0 Å². The van der Waals surface area contributed by atoms with Gasteiger partial charge >= 0.3 is 12.1 Å². The lowest BCUT2D eigenvalue weighted by Gasteiger charge is -2.43. The standard InChI is InChI=1S/C33H39F3N4O4S/c1-6-22-14-23-10-11-26(33(34,35)36)16-29(23)45(43,44)39(17-22)18-25-15-24(9-8-19(25)3)30(21(5)32(41)42)27-12-13-28-31(20(27)4)37-38-40(28)7-2/h8-13,15-16,21-22,30,43-44H,6-7,14,17-18H2,1-5H3,(H,41,42)/t21-,22?,30+/m1/s1. The smallest absolute Gasteiger partial charge is 0.416 e. The van der Waals surface area contributed by atoms with Crippen LogP contribution in [-0.2, 0) is 30.5 Å². The van der Waals surface area contributed by atoms with E-state index in [0.717, 1.165) is 45.5 Å². The summed E-state index contributed by atoms with van der Waals surface area (Å²) >= 11 is 0. The summed E-state index contributed by atoms with van der Waals surface area (Å²) in [7, 11) is -3.78. The van der Waals surface area contributed by atoms with Crippen LogP contribution in [0.15, 0.2) is 53.4 Å². The molecule has 0 radical (unpaired) electrons. The highest BCUT2D eigenvalue weighted by atomic mass is 32.3. The molecule has 1 aliphatic heterocycles. The fraction of sp³-hybridized carbons (Fsp3) is 0.424. The molecule has 1 unspecified atom stereocenters. The van der Waals surface area contributed by atoms with Crippen LogP contribution in [-0.4, -0.2) is 46.0 Å². The topological polar surface area (TPSA) is 112 Å². The lowest BCUT2D eigenvalue weighted by atomic mass is 9.79. The second-order valence-corrected chi connectivity index (χ2v) is 14.0. The van der Waals surface area contributed by atoms with Gasteiger partial charge in [-0.15, -0.1) is 15.9 Å². The zero-order valence-corrected chi connectivity index (χ0v) is 26.8. The number of benzene rings is 3. The molecule has 8 nitrogen and oxygen atoms in total. The number of aromatic nitrogens is 3. The Morgan fingerprint density at radius 1 is 1.09 bits per heavy atom. The zero-order chi connectivity index (χ0) is 32.8. The number of halogens is 3. The third-order valence-corrected chi connectivity index (χ3v) is 11.2. The normalized spacial score (nSPS) is 19.1. The molecule has 0 amide bonds. The zero-order valence-electron chi connectivity index (χ0n) is 26.0. The molecule has 0 spiro atoms. The summed E-state index contributed by atoms with van der Waals surface area (Å²) in [4.78, 5) is 12.3. The molecule has 3 atom stereocenters. The summed E-state index contributed by atoms with van der Waals surface area (Å²) in [6, 6.07) is 12.7. The fourth-order valence-corrected chi connectivity index (χ4v) is 8.17. The van der Waals surface area contributed by atoms with Gasteiger partial charge in [0.05, 0.1) is 21.9 Å². The van der Waals surface area contributed by atoms with Crippen molar-refractivity contribution in [2.75, 3.05) is 6.54 Å². The Balaban J connectivity index is 1.59. The average Bonchev–Trinajstić information content (AvgIpc) is 3.38. The van der Waals surface area contributed by atoms with Crippen LogP contribution in [0.2, 0.25) is 0 Å². The van der Waals surface area contributed by atoms with Crippen LogP contribution in [0.1, 0.15) is 72.1 Å². The van der Waals surface area contributed by atoms with E-state index in [1.807, 2.05) is 58.0 Å². The van der Waals surface area contributed by atoms with Crippen LogP contribution in [0, 0.1) is 25.7 Å². The average molecular weight is 645 g/mol. The molecule has 2 heterocycles. The van der Waals surface area contributed by atoms with Crippen LogP contribution in [0.5, 0.6) is 0 Å². The number of carbonyl (C=O) groups is 1. The number of alkyl halides is 3. The van der Waals surface area contributed by atoms with Crippen molar-refractivity contribution in [3.05, 3.63) is 87.5 Å². The van der Waals surface area contributed by atoms with Gasteiger partial charge in [0.2, 0.25) is 0 Å². The number of hydrogen-bond acceptors (Lipinski definition) is 6. The molecule has 1 aromatic heterocycles. The minimum atomic E-state index is -4.63. The summed E-state index contributed by atoms with van der Waals surface area (Å²) in [6.07, 6.45) is -3.50. The maximum Gasteiger partial charge on any atom is 0.416 e. The maximum absolute atomic E-state index is 13.6. The van der Waals surface area contributed by atoms with Gasteiger partial charge in [-0.05, 0) is 84.7 Å². The Bertz CT molecular complexity index is 1740. The van der Waals surface area contributed by atoms with E-state index in [0.29, 0.717) is 30.5 Å². The van der Waals surface area contributed by atoms with Gasteiger partial charge < -0.3 is 5.11 Å². The minimum Gasteiger partial charge on any atom is -0.481 e. The van der Waals surface area contributed by atoms with Gasteiger partial charge in [-0.25, -0.2) is 4.68 Å². The second kappa shape index (κ2) is 12.4. The first-order chi connectivity index (χ1) is 21.2. The monoisotopic (exact) mass is 644 g/mol. The third-order valence-electron chi connectivity index (χ3n) is 9.18. The van der Waals surface area contributed by atoms with Crippen molar-refractivity contribution in [3.8, 4) is 0 Å². The second-order valence-electron chi connectivity index (χ2n) is 12.0. The molecule has 0 bridgehead atoms. The number of aliphatic carboxylic acids is 1. The summed E-state index contributed by atoms with van der Waals surface area (Å²) in [5.74, 6) is -2.35. The highest BCUT2D eigenvalue weighted by Gasteiger charge is 2.38. The molecule has 1 aliphatic rings. The largest absolute Gasteiger partial charge is 0.481 e. The van der Waals surface area contributed by atoms with Crippen LogP contribution >= 0.6 is 10.8 Å². The number of hydrogen-bond donors (Lipinski definition) is 3. The fourth-order valence-electron chi connectivity index (χ4n) is 6.37. The van der Waals surface area contributed by atoms with Crippen molar-refractivity contribution in [2.24, 2.45) is 11.8 Å². The predicted octanol–water partition coefficient (Wildman–Crippen LogP) is 8.05. The van der Waals surface area contributed by atoms with Gasteiger partial charge in [-0.1, -0.05) is 55.8 Å².